The van der Waals surface area contributed by atoms with Gasteiger partial charge in [0.1, 0.15) is 0 Å². The minimum Gasteiger partial charge on any atom is -0.394 e. The van der Waals surface area contributed by atoms with Gasteiger partial charge in [0.2, 0.25) is 0 Å². The molecule has 4 nitrogen and oxygen atoms in total. The van der Waals surface area contributed by atoms with E-state index in [1.807, 2.05) is 24.3 Å². The number of benzene rings is 2. The molecule has 2 aromatic carbocycles. The standard InChI is InChI=1S/C18H21NO3S/c1-2-13-8-10-14(11-9-13)16-17(18(16,19)12-20)23(21,22)15-6-4-3-5-7-15/h3-11,16-17,20H,2,12,19H2,1H3/t16-,17-,18+/m0/s1. The first-order valence-corrected chi connectivity index (χ1v) is 9.27. The average molecular weight is 331 g/mol. The molecule has 23 heavy (non-hydrogen) atoms. The third kappa shape index (κ3) is 2.59. The van der Waals surface area contributed by atoms with Crippen LogP contribution in [0.3, 0.4) is 0 Å². The lowest BCUT2D eigenvalue weighted by molar-refractivity contribution is 0.253. The van der Waals surface area contributed by atoms with Gasteiger partial charge in [-0.3, -0.25) is 0 Å². The molecule has 0 amide bonds. The molecule has 3 atom stereocenters. The number of sulfone groups is 1. The Morgan fingerprint density at radius 2 is 1.70 bits per heavy atom. The molecule has 0 bridgehead atoms. The Labute approximate surface area is 136 Å². The summed E-state index contributed by atoms with van der Waals surface area (Å²) in [4.78, 5) is 0.251. The topological polar surface area (TPSA) is 80.4 Å². The second-order valence-electron chi connectivity index (χ2n) is 6.12. The van der Waals surface area contributed by atoms with Gasteiger partial charge in [0, 0.05) is 5.92 Å². The summed E-state index contributed by atoms with van der Waals surface area (Å²) in [7, 11) is -3.58. The highest BCUT2D eigenvalue weighted by Gasteiger charge is 2.68. The zero-order chi connectivity index (χ0) is 16.7. The van der Waals surface area contributed by atoms with Crippen LogP contribution in [0, 0.1) is 0 Å². The summed E-state index contributed by atoms with van der Waals surface area (Å²) >= 11 is 0. The number of hydrogen-bond donors (Lipinski definition) is 2. The summed E-state index contributed by atoms with van der Waals surface area (Å²) in [5, 5.41) is 8.89. The first-order chi connectivity index (χ1) is 10.9. The van der Waals surface area contributed by atoms with Gasteiger partial charge in [-0.2, -0.15) is 0 Å². The minimum absolute atomic E-state index is 0.251. The van der Waals surface area contributed by atoms with Gasteiger partial charge < -0.3 is 10.8 Å². The molecule has 1 aliphatic rings. The van der Waals surface area contributed by atoms with Crippen LogP contribution in [-0.2, 0) is 16.3 Å². The zero-order valence-electron chi connectivity index (χ0n) is 13.0. The molecule has 1 fully saturated rings. The molecule has 3 N–H and O–H groups in total. The van der Waals surface area contributed by atoms with Crippen molar-refractivity contribution in [3.05, 3.63) is 65.7 Å². The lowest BCUT2D eigenvalue weighted by atomic mass is 10.0. The van der Waals surface area contributed by atoms with E-state index in [9.17, 15) is 13.5 Å². The molecule has 0 aromatic heterocycles. The summed E-state index contributed by atoms with van der Waals surface area (Å²) in [5.74, 6) is -0.386. The largest absolute Gasteiger partial charge is 0.394 e. The highest BCUT2D eigenvalue weighted by Crippen LogP contribution is 2.55. The highest BCUT2D eigenvalue weighted by atomic mass is 32.2. The summed E-state index contributed by atoms with van der Waals surface area (Å²) < 4.78 is 25.8. The van der Waals surface area contributed by atoms with Gasteiger partial charge in [0.15, 0.2) is 9.84 Å². The van der Waals surface area contributed by atoms with E-state index in [0.717, 1.165) is 12.0 Å². The van der Waals surface area contributed by atoms with Crippen molar-refractivity contribution in [1.82, 2.24) is 0 Å². The van der Waals surface area contributed by atoms with Crippen molar-refractivity contribution in [2.75, 3.05) is 6.61 Å². The molecule has 1 saturated carbocycles. The van der Waals surface area contributed by atoms with E-state index in [2.05, 4.69) is 6.92 Å². The van der Waals surface area contributed by atoms with E-state index in [-0.39, 0.29) is 17.4 Å². The predicted molar refractivity (Wildman–Crippen MR) is 90.0 cm³/mol. The Morgan fingerprint density at radius 3 is 2.22 bits per heavy atom. The molecule has 0 unspecified atom stereocenters. The second-order valence-corrected chi connectivity index (χ2v) is 8.19. The van der Waals surface area contributed by atoms with E-state index in [0.29, 0.717) is 0 Å². The first-order valence-electron chi connectivity index (χ1n) is 7.72. The smallest absolute Gasteiger partial charge is 0.183 e. The van der Waals surface area contributed by atoms with Crippen molar-refractivity contribution in [2.24, 2.45) is 5.73 Å². The van der Waals surface area contributed by atoms with Gasteiger partial charge in [0.25, 0.3) is 0 Å². The van der Waals surface area contributed by atoms with Gasteiger partial charge >= 0.3 is 0 Å². The maximum Gasteiger partial charge on any atom is 0.183 e. The maximum atomic E-state index is 12.9. The maximum absolute atomic E-state index is 12.9. The van der Waals surface area contributed by atoms with E-state index >= 15 is 0 Å². The third-order valence-corrected chi connectivity index (χ3v) is 7.04. The Bertz CT molecular complexity index is 787. The van der Waals surface area contributed by atoms with Crippen LogP contribution in [0.15, 0.2) is 59.5 Å². The van der Waals surface area contributed by atoms with E-state index in [1.54, 1.807) is 30.3 Å². The number of aliphatic hydroxyl groups excluding tert-OH is 1. The molecule has 2 aromatic rings. The lowest BCUT2D eigenvalue weighted by Crippen LogP contribution is -2.35. The molecule has 0 saturated heterocycles. The van der Waals surface area contributed by atoms with Gasteiger partial charge in [0.05, 0.1) is 22.3 Å². The fraction of sp³-hybridized carbons (Fsp3) is 0.333. The Kier molecular flexibility index (Phi) is 4.04. The molecular weight excluding hydrogens is 310 g/mol. The fourth-order valence-corrected chi connectivity index (χ4v) is 5.60. The summed E-state index contributed by atoms with van der Waals surface area (Å²) in [6.07, 6.45) is 0.921. The highest BCUT2D eigenvalue weighted by molar-refractivity contribution is 7.92. The van der Waals surface area contributed by atoms with Crippen LogP contribution in [0.2, 0.25) is 0 Å². The summed E-state index contributed by atoms with van der Waals surface area (Å²) in [6, 6.07) is 16.1. The Morgan fingerprint density at radius 1 is 1.09 bits per heavy atom. The van der Waals surface area contributed by atoms with E-state index in [1.165, 1.54) is 5.56 Å². The Balaban J connectivity index is 1.98. The van der Waals surface area contributed by atoms with Crippen molar-refractivity contribution < 1.29 is 13.5 Å². The van der Waals surface area contributed by atoms with Crippen LogP contribution in [0.4, 0.5) is 0 Å². The lowest BCUT2D eigenvalue weighted by Gasteiger charge is -2.08. The monoisotopic (exact) mass is 331 g/mol. The normalized spacial score (nSPS) is 26.9. The SMILES string of the molecule is CCc1ccc([C@H]2[C@H](S(=O)(=O)c3ccccc3)[C@@]2(N)CO)cc1. The predicted octanol–water partition coefficient (Wildman–Crippen LogP) is 1.88. The number of nitrogens with two attached hydrogens (primary N) is 1. The van der Waals surface area contributed by atoms with Crippen molar-refractivity contribution in [3.63, 3.8) is 0 Å². The average Bonchev–Trinajstić information content (AvgIpc) is 3.23. The molecular formula is C18H21NO3S. The molecule has 0 aliphatic heterocycles. The first kappa shape index (κ1) is 16.2. The number of aryl methyl sites for hydroxylation is 1. The number of rotatable bonds is 5. The van der Waals surface area contributed by atoms with Gasteiger partial charge in [-0.25, -0.2) is 8.42 Å². The molecule has 1 aliphatic carbocycles. The van der Waals surface area contributed by atoms with Crippen LogP contribution < -0.4 is 5.73 Å². The number of hydrogen-bond acceptors (Lipinski definition) is 4. The third-order valence-electron chi connectivity index (χ3n) is 4.73. The molecule has 5 heteroatoms. The van der Waals surface area contributed by atoms with Crippen molar-refractivity contribution in [2.45, 2.75) is 34.9 Å². The molecule has 3 rings (SSSR count). The molecule has 0 radical (unpaired) electrons. The fourth-order valence-electron chi connectivity index (χ4n) is 3.28. The van der Waals surface area contributed by atoms with Crippen molar-refractivity contribution in [1.29, 1.82) is 0 Å². The van der Waals surface area contributed by atoms with Crippen LogP contribution in [0.1, 0.15) is 24.0 Å². The van der Waals surface area contributed by atoms with Gasteiger partial charge in [-0.1, -0.05) is 49.4 Å². The van der Waals surface area contributed by atoms with Crippen LogP contribution in [0.5, 0.6) is 0 Å². The van der Waals surface area contributed by atoms with Crippen LogP contribution >= 0.6 is 0 Å². The van der Waals surface area contributed by atoms with Gasteiger partial charge in [-0.15, -0.1) is 0 Å². The second kappa shape index (κ2) is 5.74. The Hall–Kier alpha value is -1.69. The quantitative estimate of drug-likeness (QED) is 0.876. The number of aliphatic hydroxyl groups is 1. The molecule has 0 heterocycles. The zero-order valence-corrected chi connectivity index (χ0v) is 13.8. The van der Waals surface area contributed by atoms with Crippen molar-refractivity contribution in [3.8, 4) is 0 Å². The van der Waals surface area contributed by atoms with Gasteiger partial charge in [-0.05, 0) is 29.7 Å². The summed E-state index contributed by atoms with van der Waals surface area (Å²) in [5.41, 5.74) is 7.16. The molecule has 122 valence electrons. The van der Waals surface area contributed by atoms with E-state index in [4.69, 9.17) is 5.73 Å². The van der Waals surface area contributed by atoms with Crippen molar-refractivity contribution >= 4 is 9.84 Å². The van der Waals surface area contributed by atoms with Crippen LogP contribution in [-0.4, -0.2) is 30.9 Å². The van der Waals surface area contributed by atoms with Crippen LogP contribution in [0.25, 0.3) is 0 Å². The minimum atomic E-state index is -3.58. The summed E-state index contributed by atoms with van der Waals surface area (Å²) in [6.45, 7) is 1.71. The van der Waals surface area contributed by atoms with E-state index < -0.39 is 20.6 Å². The molecule has 0 spiro atoms.